The first kappa shape index (κ1) is 20.6. The fourth-order valence-electron chi connectivity index (χ4n) is 3.20. The average Bonchev–Trinajstić information content (AvgIpc) is 2.72. The number of nitrogens with zero attached hydrogens (tertiary/aromatic N) is 1. The van der Waals surface area contributed by atoms with Crippen molar-refractivity contribution < 1.29 is 14.6 Å². The molecule has 0 fully saturated rings. The highest BCUT2D eigenvalue weighted by molar-refractivity contribution is 14.1. The Balaban J connectivity index is 1.85. The van der Waals surface area contributed by atoms with E-state index < -0.39 is 5.60 Å². The summed E-state index contributed by atoms with van der Waals surface area (Å²) in [6.07, 6.45) is 0. The van der Waals surface area contributed by atoms with Crippen molar-refractivity contribution in [2.75, 3.05) is 7.11 Å². The Kier molecular flexibility index (Phi) is 6.57. The molecule has 2 aromatic carbocycles. The number of pyridine rings is 1. The first-order chi connectivity index (χ1) is 13.4. The van der Waals surface area contributed by atoms with Crippen LogP contribution in [-0.2, 0) is 12.2 Å². The van der Waals surface area contributed by atoms with E-state index in [4.69, 9.17) is 9.47 Å². The minimum atomic E-state index is -1.18. The zero-order chi connectivity index (χ0) is 20.1. The number of alkyl halides is 1. The fourth-order valence-corrected chi connectivity index (χ4v) is 3.90. The Hall–Kier alpha value is -2.12. The van der Waals surface area contributed by atoms with Gasteiger partial charge in [-0.3, -0.25) is 4.98 Å². The second-order valence-electron chi connectivity index (χ2n) is 6.67. The molecule has 5 heteroatoms. The summed E-state index contributed by atoms with van der Waals surface area (Å²) in [6.45, 7) is 4.35. The summed E-state index contributed by atoms with van der Waals surface area (Å²) in [5.74, 6) is 1.40. The van der Waals surface area contributed by atoms with E-state index in [-0.39, 0.29) is 3.92 Å². The van der Waals surface area contributed by atoms with Crippen molar-refractivity contribution in [3.05, 3.63) is 89.2 Å². The van der Waals surface area contributed by atoms with Gasteiger partial charge in [0.2, 0.25) is 0 Å². The molecule has 0 amide bonds. The lowest BCUT2D eigenvalue weighted by Gasteiger charge is -2.33. The lowest BCUT2D eigenvalue weighted by atomic mass is 9.83. The van der Waals surface area contributed by atoms with E-state index in [0.717, 1.165) is 28.3 Å². The van der Waals surface area contributed by atoms with E-state index in [2.05, 4.69) is 27.6 Å². The van der Waals surface area contributed by atoms with Crippen LogP contribution in [0.3, 0.4) is 0 Å². The van der Waals surface area contributed by atoms with Gasteiger partial charge in [0.25, 0.3) is 0 Å². The molecule has 2 unspecified atom stereocenters. The summed E-state index contributed by atoms with van der Waals surface area (Å²) in [5.41, 5.74) is 2.21. The molecule has 0 saturated carbocycles. The predicted molar refractivity (Wildman–Crippen MR) is 119 cm³/mol. The van der Waals surface area contributed by atoms with Crippen LogP contribution in [0.15, 0.2) is 66.7 Å². The van der Waals surface area contributed by atoms with E-state index in [1.54, 1.807) is 7.11 Å². The van der Waals surface area contributed by atoms with Crippen molar-refractivity contribution in [3.63, 3.8) is 0 Å². The van der Waals surface area contributed by atoms with Crippen molar-refractivity contribution in [1.29, 1.82) is 0 Å². The van der Waals surface area contributed by atoms with E-state index in [1.807, 2.05) is 80.6 Å². The smallest absolute Gasteiger partial charge is 0.130 e. The van der Waals surface area contributed by atoms with Crippen LogP contribution in [0.5, 0.6) is 11.5 Å². The number of aliphatic hydroxyl groups is 1. The largest absolute Gasteiger partial charge is 0.496 e. The van der Waals surface area contributed by atoms with Gasteiger partial charge in [-0.2, -0.15) is 0 Å². The minimum Gasteiger partial charge on any atom is -0.496 e. The van der Waals surface area contributed by atoms with Crippen LogP contribution in [0.4, 0.5) is 0 Å². The van der Waals surface area contributed by atoms with Crippen LogP contribution in [0.2, 0.25) is 0 Å². The van der Waals surface area contributed by atoms with Crippen molar-refractivity contribution in [2.45, 2.75) is 30.0 Å². The molecule has 28 heavy (non-hydrogen) atoms. The van der Waals surface area contributed by atoms with Gasteiger partial charge in [0, 0.05) is 15.2 Å². The number of aromatic nitrogens is 1. The zero-order valence-electron chi connectivity index (χ0n) is 16.2. The lowest BCUT2D eigenvalue weighted by molar-refractivity contribution is 0.0841. The van der Waals surface area contributed by atoms with Crippen molar-refractivity contribution in [3.8, 4) is 11.5 Å². The normalized spacial score (nSPS) is 14.2. The van der Waals surface area contributed by atoms with Crippen LogP contribution in [0, 0.1) is 6.92 Å². The molecule has 0 aliphatic heterocycles. The highest BCUT2D eigenvalue weighted by atomic mass is 127. The summed E-state index contributed by atoms with van der Waals surface area (Å²) in [6, 6.07) is 21.0. The molecule has 3 aromatic rings. The summed E-state index contributed by atoms with van der Waals surface area (Å²) in [5, 5.41) is 11.6. The van der Waals surface area contributed by atoms with Crippen LogP contribution in [0.1, 0.15) is 29.4 Å². The average molecular weight is 489 g/mol. The Bertz CT molecular complexity index is 927. The minimum absolute atomic E-state index is 0.0790. The van der Waals surface area contributed by atoms with Gasteiger partial charge >= 0.3 is 0 Å². The monoisotopic (exact) mass is 489 g/mol. The predicted octanol–water partition coefficient (Wildman–Crippen LogP) is 5.04. The number of hydrogen-bond acceptors (Lipinski definition) is 4. The van der Waals surface area contributed by atoms with E-state index in [0.29, 0.717) is 12.4 Å². The number of methoxy groups -OCH3 is 1. The maximum absolute atomic E-state index is 11.6. The van der Waals surface area contributed by atoms with Gasteiger partial charge in [-0.1, -0.05) is 59.0 Å². The number of ether oxygens (including phenoxy) is 2. The number of rotatable bonds is 7. The number of halogens is 1. The Labute approximate surface area is 179 Å². The van der Waals surface area contributed by atoms with Gasteiger partial charge < -0.3 is 14.6 Å². The van der Waals surface area contributed by atoms with Gasteiger partial charge in [0.1, 0.15) is 23.7 Å². The van der Waals surface area contributed by atoms with Gasteiger partial charge in [-0.25, -0.2) is 0 Å². The van der Waals surface area contributed by atoms with Gasteiger partial charge in [-0.15, -0.1) is 0 Å². The number of hydrogen-bond donors (Lipinski definition) is 1. The molecule has 1 aromatic heterocycles. The van der Waals surface area contributed by atoms with Gasteiger partial charge in [0.15, 0.2) is 0 Å². The van der Waals surface area contributed by atoms with Crippen LogP contribution in [-0.4, -0.2) is 21.1 Å². The maximum Gasteiger partial charge on any atom is 0.130 e. The molecule has 0 bridgehead atoms. The third-order valence-electron chi connectivity index (χ3n) is 4.72. The molecule has 0 spiro atoms. The van der Waals surface area contributed by atoms with Crippen molar-refractivity contribution in [1.82, 2.24) is 4.98 Å². The highest BCUT2D eigenvalue weighted by Gasteiger charge is 2.38. The summed E-state index contributed by atoms with van der Waals surface area (Å²) < 4.78 is 11.3. The van der Waals surface area contributed by atoms with E-state index in [1.165, 1.54) is 0 Å². The Morgan fingerprint density at radius 2 is 1.75 bits per heavy atom. The molecule has 4 nitrogen and oxygen atoms in total. The molecule has 2 atom stereocenters. The molecular weight excluding hydrogens is 465 g/mol. The molecule has 0 aliphatic carbocycles. The molecular formula is C23H24INO3. The van der Waals surface area contributed by atoms with Crippen LogP contribution < -0.4 is 9.47 Å². The van der Waals surface area contributed by atoms with Crippen LogP contribution >= 0.6 is 22.6 Å². The molecule has 1 heterocycles. The SMILES string of the molecule is COc1ccccc1C(O)(c1ccc(OCc2cccc(C)n2)cc1)C(C)I. The molecule has 3 rings (SSSR count). The zero-order valence-corrected chi connectivity index (χ0v) is 18.4. The third-order valence-corrected chi connectivity index (χ3v) is 5.62. The lowest BCUT2D eigenvalue weighted by Crippen LogP contribution is -2.35. The van der Waals surface area contributed by atoms with Gasteiger partial charge in [0.05, 0.1) is 12.8 Å². The Morgan fingerprint density at radius 1 is 1.04 bits per heavy atom. The fraction of sp³-hybridized carbons (Fsp3) is 0.261. The van der Waals surface area contributed by atoms with Gasteiger partial charge in [-0.05, 0) is 49.7 Å². The molecule has 0 saturated heterocycles. The first-order valence-corrected chi connectivity index (χ1v) is 10.4. The molecule has 0 radical (unpaired) electrons. The summed E-state index contributed by atoms with van der Waals surface area (Å²) in [4.78, 5) is 4.45. The topological polar surface area (TPSA) is 51.6 Å². The summed E-state index contributed by atoms with van der Waals surface area (Å²) >= 11 is 2.25. The Morgan fingerprint density at radius 3 is 2.39 bits per heavy atom. The number of aryl methyl sites for hydroxylation is 1. The number of benzene rings is 2. The van der Waals surface area contributed by atoms with E-state index >= 15 is 0 Å². The molecule has 1 N–H and O–H groups in total. The number of para-hydroxylation sites is 1. The molecule has 146 valence electrons. The maximum atomic E-state index is 11.6. The first-order valence-electron chi connectivity index (χ1n) is 9.11. The highest BCUT2D eigenvalue weighted by Crippen LogP contribution is 2.41. The second kappa shape index (κ2) is 8.92. The van der Waals surface area contributed by atoms with E-state index in [9.17, 15) is 5.11 Å². The van der Waals surface area contributed by atoms with Crippen molar-refractivity contribution >= 4 is 22.6 Å². The standard InChI is InChI=1S/C23H24INO3/c1-16-7-6-8-19(25-16)15-28-20-13-11-18(12-14-20)23(26,17(2)24)21-9-4-5-10-22(21)27-3/h4-14,17,26H,15H2,1-3H3. The third kappa shape index (κ3) is 4.31. The van der Waals surface area contributed by atoms with Crippen molar-refractivity contribution in [2.24, 2.45) is 0 Å². The molecule has 0 aliphatic rings. The summed E-state index contributed by atoms with van der Waals surface area (Å²) in [7, 11) is 1.62. The van der Waals surface area contributed by atoms with Crippen LogP contribution in [0.25, 0.3) is 0 Å². The quantitative estimate of drug-likeness (QED) is 0.374. The second-order valence-corrected chi connectivity index (χ2v) is 8.53.